The van der Waals surface area contributed by atoms with Crippen molar-refractivity contribution in [3.05, 3.63) is 109 Å². The number of ether oxygens (including phenoxy) is 1. The van der Waals surface area contributed by atoms with Gasteiger partial charge in [-0.05, 0) is 43.1 Å². The highest BCUT2D eigenvalue weighted by Gasteiger charge is 2.24. The Labute approximate surface area is 237 Å². The van der Waals surface area contributed by atoms with Crippen molar-refractivity contribution < 1.29 is 24.1 Å². The number of hydrogen-bond donors (Lipinski definition) is 0. The second-order valence-corrected chi connectivity index (χ2v) is 10.2. The van der Waals surface area contributed by atoms with E-state index in [1.54, 1.807) is 13.4 Å². The van der Waals surface area contributed by atoms with E-state index in [0.29, 0.717) is 6.61 Å². The first-order chi connectivity index (χ1) is 19.1. The molecule has 0 saturated heterocycles. The van der Waals surface area contributed by atoms with Gasteiger partial charge in [-0.3, -0.25) is 0 Å². The molecule has 3 rings (SSSR count). The second-order valence-electron chi connectivity index (χ2n) is 7.07. The van der Waals surface area contributed by atoms with Gasteiger partial charge in [-0.15, -0.1) is 0 Å². The Morgan fingerprint density at radius 2 is 1.10 bits per heavy atom. The Bertz CT molecular complexity index is 990. The topological polar surface area (TPSA) is 61.8 Å². The molecule has 0 fully saturated rings. The smallest absolute Gasteiger partial charge is 0.373 e. The number of benzene rings is 3. The summed E-state index contributed by atoms with van der Waals surface area (Å²) in [5, 5.41) is 3.68. The fourth-order valence-corrected chi connectivity index (χ4v) is 6.46. The number of rotatable bonds is 8. The van der Waals surface area contributed by atoms with Crippen LogP contribution in [0, 0.1) is 0 Å². The molecule has 0 aliphatic rings. The predicted molar refractivity (Wildman–Crippen MR) is 167 cm³/mol. The van der Waals surface area contributed by atoms with E-state index in [0.717, 1.165) is 13.0 Å². The van der Waals surface area contributed by atoms with Crippen LogP contribution in [-0.4, -0.2) is 47.4 Å². The maximum atomic E-state index is 8.12. The summed E-state index contributed by atoms with van der Waals surface area (Å²) in [7, 11) is 9.68. The summed E-state index contributed by atoms with van der Waals surface area (Å²) in [4.78, 5) is 26.5. The molecule has 0 saturated carbocycles. The van der Waals surface area contributed by atoms with E-state index >= 15 is 0 Å². The standard InChI is InChI=1S/C22H21O2P.C5H10.C3H8O.CO2.B2/c1-2-23-24-18-19-25(20-12-6-3-7-13-20,21-14-8-4-9-15-21)22-16-10-5-11-17-22;1-3-5-4-2;1-3-4-2;2-1-3;1-2/h3-18H,2H2,1H3;3,5H,4H2,1-2H3;3H2,1-2H3;;/b;5-3+;;;. The van der Waals surface area contributed by atoms with Gasteiger partial charge >= 0.3 is 6.15 Å². The Kier molecular flexibility index (Phi) is 26.9. The zero-order chi connectivity index (χ0) is 29.6. The SMILES string of the molecule is C/C=C/CC.CCOC.CCOOC=C=P(c1ccccc1)(c1ccccc1)c1ccccc1.O=C=O.[B][B]. The first kappa shape index (κ1) is 37.9. The zero-order valence-corrected chi connectivity index (χ0v) is 24.6. The number of allylic oxidation sites excluding steroid dienone is 2. The fraction of sp³-hybridized carbons (Fsp3) is 0.258. The molecular formula is C31H39B2O5P. The summed E-state index contributed by atoms with van der Waals surface area (Å²) >= 11 is 0. The van der Waals surface area contributed by atoms with E-state index in [9.17, 15) is 0 Å². The average Bonchev–Trinajstić information content (AvgIpc) is 3.01. The van der Waals surface area contributed by atoms with E-state index in [4.69, 9.17) is 19.4 Å². The molecule has 0 atom stereocenters. The highest BCUT2D eigenvalue weighted by molar-refractivity contribution is 7.94. The maximum Gasteiger partial charge on any atom is 0.373 e. The van der Waals surface area contributed by atoms with Gasteiger partial charge in [0.25, 0.3) is 0 Å². The van der Waals surface area contributed by atoms with Gasteiger partial charge in [-0.2, -0.15) is 14.5 Å². The van der Waals surface area contributed by atoms with Gasteiger partial charge in [0.15, 0.2) is 6.26 Å². The minimum absolute atomic E-state index is 0.250. The Morgan fingerprint density at radius 3 is 1.33 bits per heavy atom. The van der Waals surface area contributed by atoms with Crippen molar-refractivity contribution >= 4 is 49.9 Å². The van der Waals surface area contributed by atoms with Crippen LogP contribution in [0.3, 0.4) is 0 Å². The molecule has 0 unspecified atom stereocenters. The molecule has 0 aromatic heterocycles. The molecule has 5 nitrogen and oxygen atoms in total. The van der Waals surface area contributed by atoms with E-state index in [1.165, 1.54) is 15.9 Å². The lowest BCUT2D eigenvalue weighted by Crippen LogP contribution is -2.25. The summed E-state index contributed by atoms with van der Waals surface area (Å²) in [6.45, 7) is 7.21. The molecule has 3 aromatic rings. The largest absolute Gasteiger partial charge is 0.385 e. The van der Waals surface area contributed by atoms with Crippen LogP contribution in [-0.2, 0) is 24.1 Å². The lowest BCUT2D eigenvalue weighted by molar-refractivity contribution is -0.243. The average molecular weight is 544 g/mol. The molecule has 204 valence electrons. The maximum absolute atomic E-state index is 8.12. The molecule has 8 heteroatoms. The summed E-state index contributed by atoms with van der Waals surface area (Å²) in [5.74, 6) is 0. The van der Waals surface area contributed by atoms with E-state index in [-0.39, 0.29) is 6.15 Å². The van der Waals surface area contributed by atoms with Crippen molar-refractivity contribution in [3.63, 3.8) is 0 Å². The third-order valence-corrected chi connectivity index (χ3v) is 8.38. The van der Waals surface area contributed by atoms with Crippen LogP contribution in [0.2, 0.25) is 0 Å². The van der Waals surface area contributed by atoms with Crippen molar-refractivity contribution in [1.82, 2.24) is 0 Å². The Balaban J connectivity index is 0. The van der Waals surface area contributed by atoms with Gasteiger partial charge in [-0.25, -0.2) is 0 Å². The lowest BCUT2D eigenvalue weighted by Gasteiger charge is -2.25. The number of hydrogen-bond acceptors (Lipinski definition) is 5. The monoisotopic (exact) mass is 544 g/mol. The van der Waals surface area contributed by atoms with Crippen LogP contribution in [0.25, 0.3) is 0 Å². The van der Waals surface area contributed by atoms with Gasteiger partial charge in [0.1, 0.15) is 0 Å². The first-order valence-corrected chi connectivity index (χ1v) is 14.3. The summed E-state index contributed by atoms with van der Waals surface area (Å²) in [6.07, 6.45) is 7.15. The van der Waals surface area contributed by atoms with Crippen molar-refractivity contribution in [2.75, 3.05) is 20.3 Å². The number of carbonyl (C=O) groups excluding carboxylic acids is 2. The van der Waals surface area contributed by atoms with Gasteiger partial charge in [0, 0.05) is 36.1 Å². The molecule has 0 aliphatic carbocycles. The zero-order valence-electron chi connectivity index (χ0n) is 23.7. The van der Waals surface area contributed by atoms with E-state index in [1.807, 2.05) is 39.0 Å². The fourth-order valence-electron chi connectivity index (χ4n) is 3.06. The molecule has 0 spiro atoms. The molecule has 4 radical (unpaired) electrons. The van der Waals surface area contributed by atoms with Crippen LogP contribution in [0.1, 0.15) is 34.1 Å². The van der Waals surface area contributed by atoms with Gasteiger partial charge in [0.05, 0.1) is 6.61 Å². The highest BCUT2D eigenvalue weighted by atomic mass is 31.2. The van der Waals surface area contributed by atoms with Crippen LogP contribution >= 0.6 is 6.89 Å². The summed E-state index contributed by atoms with van der Waals surface area (Å²) < 4.78 is 4.54. The van der Waals surface area contributed by atoms with Crippen LogP contribution in [0.4, 0.5) is 0 Å². The van der Waals surface area contributed by atoms with Crippen molar-refractivity contribution in [1.29, 1.82) is 0 Å². The normalized spacial score (nSPS) is 9.26. The Morgan fingerprint density at radius 1 is 0.744 bits per heavy atom. The minimum Gasteiger partial charge on any atom is -0.385 e. The lowest BCUT2D eigenvalue weighted by atomic mass is 9.81. The second kappa shape index (κ2) is 27.7. The highest BCUT2D eigenvalue weighted by Crippen LogP contribution is 2.42. The van der Waals surface area contributed by atoms with Crippen molar-refractivity contribution in [2.45, 2.75) is 34.1 Å². The molecular weight excluding hydrogens is 505 g/mol. The molecule has 0 bridgehead atoms. The molecule has 0 N–H and O–H groups in total. The van der Waals surface area contributed by atoms with Gasteiger partial charge < -0.3 is 9.62 Å². The molecule has 0 heterocycles. The minimum atomic E-state index is -2.10. The summed E-state index contributed by atoms with van der Waals surface area (Å²) in [5.41, 5.74) is 3.56. The van der Waals surface area contributed by atoms with Crippen LogP contribution in [0.5, 0.6) is 0 Å². The number of methoxy groups -OCH3 is 1. The summed E-state index contributed by atoms with van der Waals surface area (Å²) in [6, 6.07) is 31.5. The van der Waals surface area contributed by atoms with E-state index < -0.39 is 6.89 Å². The molecule has 0 aliphatic heterocycles. The van der Waals surface area contributed by atoms with Crippen LogP contribution < -0.4 is 15.9 Å². The third-order valence-electron chi connectivity index (χ3n) is 4.67. The van der Waals surface area contributed by atoms with Gasteiger partial charge in [0.2, 0.25) is 0 Å². The Hall–Kier alpha value is -3.29. The molecule has 0 amide bonds. The van der Waals surface area contributed by atoms with E-state index in [2.05, 4.69) is 118 Å². The van der Waals surface area contributed by atoms with Crippen molar-refractivity contribution in [3.8, 4) is 0 Å². The van der Waals surface area contributed by atoms with Crippen LogP contribution in [0.15, 0.2) is 109 Å². The molecule has 39 heavy (non-hydrogen) atoms. The molecule has 3 aromatic carbocycles. The van der Waals surface area contributed by atoms with Gasteiger partial charge in [-0.1, -0.05) is 116 Å². The first-order valence-electron chi connectivity index (χ1n) is 12.5. The predicted octanol–water partition coefficient (Wildman–Crippen LogP) is 5.14. The van der Waals surface area contributed by atoms with Crippen molar-refractivity contribution in [2.24, 2.45) is 0 Å². The quantitative estimate of drug-likeness (QED) is 0.0748. The third kappa shape index (κ3) is 15.7.